The van der Waals surface area contributed by atoms with Crippen molar-refractivity contribution in [3.63, 3.8) is 0 Å². The summed E-state index contributed by atoms with van der Waals surface area (Å²) in [5.41, 5.74) is 2.12. The predicted octanol–water partition coefficient (Wildman–Crippen LogP) is 3.65. The van der Waals surface area contributed by atoms with Crippen molar-refractivity contribution in [2.24, 2.45) is 0 Å². The third kappa shape index (κ3) is 4.49. The molecular formula is C19H22N4O2S. The molecule has 2 heterocycles. The molecule has 0 radical (unpaired) electrons. The largest absolute Gasteiger partial charge is 0.469 e. The second-order valence-electron chi connectivity index (χ2n) is 6.38. The molecule has 3 rings (SSSR count). The normalized spacial score (nSPS) is 12.1. The van der Waals surface area contributed by atoms with E-state index in [-0.39, 0.29) is 11.9 Å². The monoisotopic (exact) mass is 370 g/mol. The molecule has 0 fully saturated rings. The highest BCUT2D eigenvalue weighted by atomic mass is 32.1. The van der Waals surface area contributed by atoms with E-state index in [9.17, 15) is 4.79 Å². The minimum Gasteiger partial charge on any atom is -0.469 e. The van der Waals surface area contributed by atoms with E-state index < -0.39 is 0 Å². The van der Waals surface area contributed by atoms with Crippen molar-refractivity contribution < 1.29 is 9.21 Å². The molecule has 3 aromatic rings. The second kappa shape index (κ2) is 8.14. The lowest BCUT2D eigenvalue weighted by Gasteiger charge is -2.13. The van der Waals surface area contributed by atoms with Gasteiger partial charge in [0.05, 0.1) is 6.26 Å². The maximum absolute atomic E-state index is 12.3. The van der Waals surface area contributed by atoms with E-state index in [2.05, 4.69) is 15.5 Å². The van der Waals surface area contributed by atoms with Gasteiger partial charge in [0.2, 0.25) is 5.91 Å². The molecule has 0 aliphatic heterocycles. The minimum atomic E-state index is -0.0256. The Hall–Kier alpha value is -2.67. The number of hydrogen-bond donors (Lipinski definition) is 2. The van der Waals surface area contributed by atoms with Gasteiger partial charge in [0.15, 0.2) is 10.6 Å². The molecule has 26 heavy (non-hydrogen) atoms. The van der Waals surface area contributed by atoms with Gasteiger partial charge in [-0.2, -0.15) is 5.10 Å². The van der Waals surface area contributed by atoms with Crippen LogP contribution in [-0.4, -0.2) is 26.7 Å². The van der Waals surface area contributed by atoms with Crippen LogP contribution in [-0.2, 0) is 17.8 Å². The van der Waals surface area contributed by atoms with E-state index in [0.29, 0.717) is 24.2 Å². The van der Waals surface area contributed by atoms with Crippen LogP contribution >= 0.6 is 12.2 Å². The van der Waals surface area contributed by atoms with Gasteiger partial charge in [-0.1, -0.05) is 23.8 Å². The highest BCUT2D eigenvalue weighted by Gasteiger charge is 2.13. The number of rotatable bonds is 7. The standard InChI is InChI=1S/C19H22N4O2S/c1-13-5-3-6-15(11-13)18-21-22-19(26)23(18)9-8-17(24)20-14(2)12-16-7-4-10-25-16/h3-7,10-11,14H,8-9,12H2,1-2H3,(H,20,24)(H,22,26). The van der Waals surface area contributed by atoms with Crippen LogP contribution in [0, 0.1) is 11.7 Å². The number of aromatic nitrogens is 3. The number of carbonyl (C=O) groups excluding carboxylic acids is 1. The molecule has 0 bridgehead atoms. The van der Waals surface area contributed by atoms with Gasteiger partial charge in [-0.25, -0.2) is 0 Å². The summed E-state index contributed by atoms with van der Waals surface area (Å²) in [5.74, 6) is 1.58. The summed E-state index contributed by atoms with van der Waals surface area (Å²) in [6.07, 6.45) is 2.63. The lowest BCUT2D eigenvalue weighted by Crippen LogP contribution is -2.34. The van der Waals surface area contributed by atoms with Crippen LogP contribution in [0.5, 0.6) is 0 Å². The van der Waals surface area contributed by atoms with Crippen molar-refractivity contribution in [1.29, 1.82) is 0 Å². The van der Waals surface area contributed by atoms with Gasteiger partial charge in [0.1, 0.15) is 5.76 Å². The fraction of sp³-hybridized carbons (Fsp3) is 0.316. The number of hydrogen-bond acceptors (Lipinski definition) is 4. The van der Waals surface area contributed by atoms with E-state index in [4.69, 9.17) is 16.6 Å². The molecule has 0 saturated heterocycles. The third-order valence-corrected chi connectivity index (χ3v) is 4.40. The van der Waals surface area contributed by atoms with Gasteiger partial charge in [-0.3, -0.25) is 14.5 Å². The van der Waals surface area contributed by atoms with E-state index in [1.807, 2.05) is 54.8 Å². The topological polar surface area (TPSA) is 75.8 Å². The highest BCUT2D eigenvalue weighted by Crippen LogP contribution is 2.18. The van der Waals surface area contributed by atoms with Crippen molar-refractivity contribution in [3.05, 3.63) is 58.8 Å². The molecule has 0 aliphatic carbocycles. The molecule has 0 spiro atoms. The molecular weight excluding hydrogens is 348 g/mol. The van der Waals surface area contributed by atoms with E-state index >= 15 is 0 Å². The molecule has 1 amide bonds. The molecule has 2 aromatic heterocycles. The first-order valence-electron chi connectivity index (χ1n) is 8.57. The number of aryl methyl sites for hydroxylation is 1. The van der Waals surface area contributed by atoms with Crippen LogP contribution in [0.3, 0.4) is 0 Å². The lowest BCUT2D eigenvalue weighted by atomic mass is 10.1. The van der Waals surface area contributed by atoms with E-state index in [0.717, 1.165) is 22.7 Å². The zero-order chi connectivity index (χ0) is 18.5. The molecule has 0 aliphatic rings. The maximum atomic E-state index is 12.3. The number of aromatic amines is 1. The Morgan fingerprint density at radius 3 is 2.96 bits per heavy atom. The first-order valence-corrected chi connectivity index (χ1v) is 8.98. The molecule has 1 aromatic carbocycles. The quantitative estimate of drug-likeness (QED) is 0.623. The average Bonchev–Trinajstić information content (AvgIpc) is 3.22. The number of furan rings is 1. The number of nitrogens with one attached hydrogen (secondary N) is 2. The third-order valence-electron chi connectivity index (χ3n) is 4.09. The minimum absolute atomic E-state index is 0.00205. The van der Waals surface area contributed by atoms with Gasteiger partial charge in [0, 0.05) is 31.0 Å². The second-order valence-corrected chi connectivity index (χ2v) is 6.76. The Morgan fingerprint density at radius 1 is 1.38 bits per heavy atom. The van der Waals surface area contributed by atoms with Crippen molar-refractivity contribution in [2.75, 3.05) is 0 Å². The zero-order valence-corrected chi connectivity index (χ0v) is 15.7. The summed E-state index contributed by atoms with van der Waals surface area (Å²) >= 11 is 5.32. The summed E-state index contributed by atoms with van der Waals surface area (Å²) in [4.78, 5) is 12.3. The van der Waals surface area contributed by atoms with Crippen LogP contribution in [0.2, 0.25) is 0 Å². The SMILES string of the molecule is Cc1cccc(-c2n[nH]c(=S)n2CCC(=O)NC(C)Cc2ccco2)c1. The smallest absolute Gasteiger partial charge is 0.222 e. The molecule has 136 valence electrons. The Balaban J connectivity index is 1.62. The Labute approximate surface area is 157 Å². The number of H-pyrrole nitrogens is 1. The molecule has 7 heteroatoms. The van der Waals surface area contributed by atoms with Crippen molar-refractivity contribution in [3.8, 4) is 11.4 Å². The van der Waals surface area contributed by atoms with Gasteiger partial charge in [0.25, 0.3) is 0 Å². The van der Waals surface area contributed by atoms with Gasteiger partial charge in [-0.05, 0) is 44.3 Å². The van der Waals surface area contributed by atoms with Gasteiger partial charge >= 0.3 is 0 Å². The van der Waals surface area contributed by atoms with Crippen molar-refractivity contribution in [1.82, 2.24) is 20.1 Å². The fourth-order valence-electron chi connectivity index (χ4n) is 2.87. The first-order chi connectivity index (χ1) is 12.5. The van der Waals surface area contributed by atoms with Crippen molar-refractivity contribution in [2.45, 2.75) is 39.3 Å². The summed E-state index contributed by atoms with van der Waals surface area (Å²) < 4.78 is 7.69. The maximum Gasteiger partial charge on any atom is 0.222 e. The van der Waals surface area contributed by atoms with Gasteiger partial charge < -0.3 is 9.73 Å². The number of carbonyl (C=O) groups is 1. The molecule has 6 nitrogen and oxygen atoms in total. The molecule has 1 unspecified atom stereocenters. The molecule has 2 N–H and O–H groups in total. The van der Waals surface area contributed by atoms with E-state index in [1.165, 1.54) is 0 Å². The number of benzene rings is 1. The Bertz CT molecular complexity index is 927. The molecule has 0 saturated carbocycles. The van der Waals surface area contributed by atoms with Crippen LogP contribution in [0.4, 0.5) is 0 Å². The summed E-state index contributed by atoms with van der Waals surface area (Å²) in [6, 6.07) is 11.8. The Morgan fingerprint density at radius 2 is 2.23 bits per heavy atom. The van der Waals surface area contributed by atoms with Crippen LogP contribution in [0.1, 0.15) is 24.7 Å². The number of nitrogens with zero attached hydrogens (tertiary/aromatic N) is 2. The van der Waals surface area contributed by atoms with Gasteiger partial charge in [-0.15, -0.1) is 0 Å². The summed E-state index contributed by atoms with van der Waals surface area (Å²) in [5, 5.41) is 10.1. The van der Waals surface area contributed by atoms with Crippen LogP contribution in [0.15, 0.2) is 47.1 Å². The average molecular weight is 370 g/mol. The number of amides is 1. The highest BCUT2D eigenvalue weighted by molar-refractivity contribution is 7.71. The fourth-order valence-corrected chi connectivity index (χ4v) is 3.09. The predicted molar refractivity (Wildman–Crippen MR) is 102 cm³/mol. The van der Waals surface area contributed by atoms with Crippen molar-refractivity contribution >= 4 is 18.1 Å². The summed E-state index contributed by atoms with van der Waals surface area (Å²) in [7, 11) is 0. The van der Waals surface area contributed by atoms with E-state index in [1.54, 1.807) is 6.26 Å². The first kappa shape index (κ1) is 18.1. The van der Waals surface area contributed by atoms with Crippen LogP contribution in [0.25, 0.3) is 11.4 Å². The lowest BCUT2D eigenvalue weighted by molar-refractivity contribution is -0.121. The molecule has 1 atom stereocenters. The Kier molecular flexibility index (Phi) is 5.68. The summed E-state index contributed by atoms with van der Waals surface area (Å²) in [6.45, 7) is 4.46. The zero-order valence-electron chi connectivity index (χ0n) is 14.9. The van der Waals surface area contributed by atoms with Crippen LogP contribution < -0.4 is 5.32 Å².